The minimum atomic E-state index is 0.178. The van der Waals surface area contributed by atoms with Gasteiger partial charge in [-0.2, -0.15) is 0 Å². The van der Waals surface area contributed by atoms with Gasteiger partial charge in [-0.25, -0.2) is 0 Å². The van der Waals surface area contributed by atoms with Crippen molar-refractivity contribution >= 4 is 5.78 Å². The number of ketones is 1. The molecule has 2 rings (SSSR count). The molecular formula is C15H21NO2. The minimum Gasteiger partial charge on any atom is -0.492 e. The van der Waals surface area contributed by atoms with Crippen LogP contribution in [0.25, 0.3) is 0 Å². The molecule has 1 aliphatic carbocycles. The van der Waals surface area contributed by atoms with E-state index in [1.807, 2.05) is 32.3 Å². The van der Waals surface area contributed by atoms with Gasteiger partial charge in [0.25, 0.3) is 0 Å². The van der Waals surface area contributed by atoms with Gasteiger partial charge in [0.1, 0.15) is 12.4 Å². The van der Waals surface area contributed by atoms with Crippen LogP contribution in [0.2, 0.25) is 0 Å². The number of benzene rings is 1. The third-order valence-corrected chi connectivity index (χ3v) is 3.48. The van der Waals surface area contributed by atoms with Crippen LogP contribution in [-0.4, -0.2) is 37.9 Å². The van der Waals surface area contributed by atoms with E-state index in [0.717, 1.165) is 30.7 Å². The number of likely N-dealkylation sites (N-methyl/N-ethyl adjacent to an activating group) is 1. The topological polar surface area (TPSA) is 29.5 Å². The molecule has 0 bridgehead atoms. The van der Waals surface area contributed by atoms with Crippen molar-refractivity contribution in [3.05, 3.63) is 29.3 Å². The number of nitrogens with zero attached hydrogens (tertiary/aromatic N) is 1. The Morgan fingerprint density at radius 2 is 2.17 bits per heavy atom. The lowest BCUT2D eigenvalue weighted by Crippen LogP contribution is -2.19. The van der Waals surface area contributed by atoms with Gasteiger partial charge in [-0.05, 0) is 44.6 Å². The van der Waals surface area contributed by atoms with Crippen molar-refractivity contribution in [1.29, 1.82) is 0 Å². The van der Waals surface area contributed by atoms with Crippen molar-refractivity contribution in [3.63, 3.8) is 0 Å². The van der Waals surface area contributed by atoms with Gasteiger partial charge in [0.15, 0.2) is 5.78 Å². The van der Waals surface area contributed by atoms with E-state index >= 15 is 0 Å². The van der Waals surface area contributed by atoms with E-state index in [4.69, 9.17) is 4.74 Å². The number of carbonyl (C=O) groups excluding carboxylic acids is 1. The van der Waals surface area contributed by atoms with Gasteiger partial charge in [-0.15, -0.1) is 0 Å². The fourth-order valence-corrected chi connectivity index (χ4v) is 2.31. The summed E-state index contributed by atoms with van der Waals surface area (Å²) in [5.74, 6) is 1.27. The molecule has 0 fully saturated rings. The van der Waals surface area contributed by atoms with Gasteiger partial charge >= 0.3 is 0 Å². The smallest absolute Gasteiger partial charge is 0.166 e. The highest BCUT2D eigenvalue weighted by Crippen LogP contribution is 2.31. The van der Waals surface area contributed by atoms with Crippen LogP contribution in [-0.2, 0) is 6.42 Å². The van der Waals surface area contributed by atoms with Gasteiger partial charge in [-0.3, -0.25) is 4.79 Å². The summed E-state index contributed by atoms with van der Waals surface area (Å²) >= 11 is 0. The average Bonchev–Trinajstić information content (AvgIpc) is 2.66. The molecule has 0 heterocycles. The van der Waals surface area contributed by atoms with E-state index in [1.165, 1.54) is 5.56 Å². The Morgan fingerprint density at radius 1 is 1.39 bits per heavy atom. The third kappa shape index (κ3) is 2.72. The number of carbonyl (C=O) groups is 1. The zero-order valence-corrected chi connectivity index (χ0v) is 11.4. The van der Waals surface area contributed by atoms with Crippen LogP contribution in [0.4, 0.5) is 0 Å². The summed E-state index contributed by atoms with van der Waals surface area (Å²) < 4.78 is 5.67. The summed E-state index contributed by atoms with van der Waals surface area (Å²) in [5.41, 5.74) is 2.04. The van der Waals surface area contributed by atoms with Crippen molar-refractivity contribution in [2.45, 2.75) is 19.8 Å². The zero-order valence-electron chi connectivity index (χ0n) is 11.4. The van der Waals surface area contributed by atoms with Gasteiger partial charge in [0.2, 0.25) is 0 Å². The van der Waals surface area contributed by atoms with Gasteiger partial charge < -0.3 is 9.64 Å². The quantitative estimate of drug-likeness (QED) is 0.800. The highest BCUT2D eigenvalue weighted by atomic mass is 16.5. The van der Waals surface area contributed by atoms with Gasteiger partial charge in [-0.1, -0.05) is 13.0 Å². The van der Waals surface area contributed by atoms with Crippen molar-refractivity contribution in [2.24, 2.45) is 5.92 Å². The molecule has 0 N–H and O–H groups in total. The fraction of sp³-hybridized carbons (Fsp3) is 0.533. The number of rotatable bonds is 5. The van der Waals surface area contributed by atoms with E-state index in [1.54, 1.807) is 0 Å². The molecule has 0 unspecified atom stereocenters. The Kier molecular flexibility index (Phi) is 4.02. The van der Waals surface area contributed by atoms with Gasteiger partial charge in [0.05, 0.1) is 0 Å². The molecular weight excluding hydrogens is 226 g/mol. The molecule has 0 spiro atoms. The SMILES string of the molecule is CC[C@H]1Cc2ccc(OCCN(C)C)cc2C1=O. The molecule has 0 aliphatic heterocycles. The largest absolute Gasteiger partial charge is 0.492 e. The molecule has 1 aromatic carbocycles. The molecule has 1 atom stereocenters. The summed E-state index contributed by atoms with van der Waals surface area (Å²) in [5, 5.41) is 0. The van der Waals surface area contributed by atoms with Crippen LogP contribution in [0.3, 0.4) is 0 Å². The summed E-state index contributed by atoms with van der Waals surface area (Å²) in [4.78, 5) is 14.2. The summed E-state index contributed by atoms with van der Waals surface area (Å²) in [6.07, 6.45) is 1.81. The molecule has 3 heteroatoms. The number of Topliss-reactive ketones (excluding diaryl/α,β-unsaturated/α-hetero) is 1. The predicted octanol–water partition coefficient (Wildman–Crippen LogP) is 2.39. The third-order valence-electron chi connectivity index (χ3n) is 3.48. The van der Waals surface area contributed by atoms with Gasteiger partial charge in [0, 0.05) is 18.0 Å². The van der Waals surface area contributed by atoms with Crippen molar-refractivity contribution in [3.8, 4) is 5.75 Å². The van der Waals surface area contributed by atoms with Crippen LogP contribution in [0.15, 0.2) is 18.2 Å². The van der Waals surface area contributed by atoms with Crippen LogP contribution >= 0.6 is 0 Å². The number of hydrogen-bond acceptors (Lipinski definition) is 3. The molecule has 0 amide bonds. The summed E-state index contributed by atoms with van der Waals surface area (Å²) in [6.45, 7) is 3.60. The summed E-state index contributed by atoms with van der Waals surface area (Å²) in [6, 6.07) is 5.91. The Hall–Kier alpha value is -1.35. The molecule has 1 aromatic rings. The first-order valence-corrected chi connectivity index (χ1v) is 6.56. The zero-order chi connectivity index (χ0) is 13.1. The van der Waals surface area contributed by atoms with E-state index in [0.29, 0.717) is 6.61 Å². The Bertz CT molecular complexity index is 440. The first kappa shape index (κ1) is 13.1. The normalized spacial score (nSPS) is 18.2. The average molecular weight is 247 g/mol. The molecule has 0 saturated heterocycles. The highest BCUT2D eigenvalue weighted by molar-refractivity contribution is 6.02. The predicted molar refractivity (Wildman–Crippen MR) is 72.3 cm³/mol. The monoisotopic (exact) mass is 247 g/mol. The lowest BCUT2D eigenvalue weighted by molar-refractivity contribution is 0.0933. The minimum absolute atomic E-state index is 0.178. The number of ether oxygens (including phenoxy) is 1. The maximum atomic E-state index is 12.1. The fourth-order valence-electron chi connectivity index (χ4n) is 2.31. The van der Waals surface area contributed by atoms with Crippen LogP contribution in [0.1, 0.15) is 29.3 Å². The van der Waals surface area contributed by atoms with Crippen LogP contribution < -0.4 is 4.74 Å². The molecule has 1 aliphatic rings. The van der Waals surface area contributed by atoms with Crippen molar-refractivity contribution in [1.82, 2.24) is 4.90 Å². The van der Waals surface area contributed by atoms with Crippen molar-refractivity contribution < 1.29 is 9.53 Å². The number of hydrogen-bond donors (Lipinski definition) is 0. The van der Waals surface area contributed by atoms with E-state index in [-0.39, 0.29) is 11.7 Å². The van der Waals surface area contributed by atoms with E-state index < -0.39 is 0 Å². The lowest BCUT2D eigenvalue weighted by Gasteiger charge is -2.11. The van der Waals surface area contributed by atoms with Crippen LogP contribution in [0.5, 0.6) is 5.75 Å². The van der Waals surface area contributed by atoms with E-state index in [2.05, 4.69) is 11.8 Å². The van der Waals surface area contributed by atoms with E-state index in [9.17, 15) is 4.79 Å². The molecule has 3 nitrogen and oxygen atoms in total. The van der Waals surface area contributed by atoms with Crippen molar-refractivity contribution in [2.75, 3.05) is 27.2 Å². The molecule has 98 valence electrons. The second-order valence-corrected chi connectivity index (χ2v) is 5.14. The molecule has 18 heavy (non-hydrogen) atoms. The Labute approximate surface area is 109 Å². The molecule has 0 saturated carbocycles. The lowest BCUT2D eigenvalue weighted by atomic mass is 10.0. The van der Waals surface area contributed by atoms with Crippen LogP contribution in [0, 0.1) is 5.92 Å². The molecule has 0 aromatic heterocycles. The summed E-state index contributed by atoms with van der Waals surface area (Å²) in [7, 11) is 4.03. The molecule has 0 radical (unpaired) electrons. The highest BCUT2D eigenvalue weighted by Gasteiger charge is 2.29. The Morgan fingerprint density at radius 3 is 2.83 bits per heavy atom. The first-order chi connectivity index (χ1) is 8.61. The Balaban J connectivity index is 2.05. The standard InChI is InChI=1S/C15H21NO2/c1-4-11-9-12-5-6-13(10-14(12)15(11)17)18-8-7-16(2)3/h5-6,10-11H,4,7-9H2,1-3H3/t11-/m0/s1. The maximum absolute atomic E-state index is 12.1. The first-order valence-electron chi connectivity index (χ1n) is 6.56. The second-order valence-electron chi connectivity index (χ2n) is 5.14. The second kappa shape index (κ2) is 5.53. The maximum Gasteiger partial charge on any atom is 0.166 e. The number of fused-ring (bicyclic) bond motifs is 1.